The molecule has 0 saturated carbocycles. The number of amides is 2. The number of anilines is 1. The number of aryl methyl sites for hydroxylation is 1. The number of likely N-dealkylation sites (N-methyl/N-ethyl adjacent to an activating group) is 1. The van der Waals surface area contributed by atoms with Gasteiger partial charge >= 0.3 is 6.03 Å². The van der Waals surface area contributed by atoms with E-state index in [9.17, 15) is 4.79 Å². The van der Waals surface area contributed by atoms with Crippen LogP contribution in [0.15, 0.2) is 35.0 Å². The Morgan fingerprint density at radius 3 is 2.89 bits per heavy atom. The van der Waals surface area contributed by atoms with E-state index in [2.05, 4.69) is 20.3 Å². The molecule has 0 atom stereocenters. The Labute approximate surface area is 161 Å². The Kier molecular flexibility index (Phi) is 4.34. The molecule has 144 valence electrons. The van der Waals surface area contributed by atoms with Crippen molar-refractivity contribution in [3.63, 3.8) is 0 Å². The van der Waals surface area contributed by atoms with Crippen molar-refractivity contribution in [1.29, 1.82) is 0 Å². The summed E-state index contributed by atoms with van der Waals surface area (Å²) in [7, 11) is 5.39. The summed E-state index contributed by atoms with van der Waals surface area (Å²) in [5.74, 6) is 1.14. The molecule has 3 heterocycles. The van der Waals surface area contributed by atoms with Crippen LogP contribution in [0.4, 0.5) is 10.6 Å². The summed E-state index contributed by atoms with van der Waals surface area (Å²) in [6.07, 6.45) is 2.42. The van der Waals surface area contributed by atoms with Gasteiger partial charge in [-0.25, -0.2) is 14.8 Å². The van der Waals surface area contributed by atoms with Gasteiger partial charge in [0.05, 0.1) is 6.33 Å². The van der Waals surface area contributed by atoms with Crippen LogP contribution < -0.4 is 11.1 Å². The van der Waals surface area contributed by atoms with E-state index in [1.54, 1.807) is 20.4 Å². The fraction of sp³-hybridized carbons (Fsp3) is 0.263. The quantitative estimate of drug-likeness (QED) is 0.550. The average Bonchev–Trinajstić information content (AvgIpc) is 3.29. The number of nitrogens with two attached hydrogens (primary N) is 1. The van der Waals surface area contributed by atoms with Crippen molar-refractivity contribution in [1.82, 2.24) is 24.4 Å². The van der Waals surface area contributed by atoms with E-state index in [0.29, 0.717) is 35.9 Å². The first kappa shape index (κ1) is 17.8. The van der Waals surface area contributed by atoms with Gasteiger partial charge in [-0.05, 0) is 24.1 Å². The lowest BCUT2D eigenvalue weighted by Gasteiger charge is -2.13. The first-order valence-corrected chi connectivity index (χ1v) is 8.87. The number of rotatable bonds is 5. The van der Waals surface area contributed by atoms with Crippen molar-refractivity contribution < 1.29 is 9.21 Å². The van der Waals surface area contributed by atoms with Crippen LogP contribution in [0.2, 0.25) is 0 Å². The molecule has 0 aliphatic heterocycles. The van der Waals surface area contributed by atoms with Gasteiger partial charge < -0.3 is 24.9 Å². The number of hydrogen-bond donors (Lipinski definition) is 2. The molecular formula is C19H21N7O2. The molecule has 0 spiro atoms. The number of fused-ring (bicyclic) bond motifs is 3. The highest BCUT2D eigenvalue weighted by Crippen LogP contribution is 2.31. The highest BCUT2D eigenvalue weighted by Gasteiger charge is 2.18. The van der Waals surface area contributed by atoms with Crippen molar-refractivity contribution in [3.8, 4) is 11.5 Å². The van der Waals surface area contributed by atoms with Crippen LogP contribution in [-0.4, -0.2) is 51.1 Å². The SMILES string of the molecule is CNc1nc2oc(-c3cccc(CCN(C)C(N)=O)c3)nc2c2c1ncn2C. The average molecular weight is 379 g/mol. The third-order valence-corrected chi connectivity index (χ3v) is 4.73. The predicted molar refractivity (Wildman–Crippen MR) is 107 cm³/mol. The van der Waals surface area contributed by atoms with Crippen LogP contribution in [0.3, 0.4) is 0 Å². The van der Waals surface area contributed by atoms with E-state index in [1.807, 2.05) is 35.9 Å². The van der Waals surface area contributed by atoms with E-state index < -0.39 is 6.03 Å². The number of imidazole rings is 1. The molecule has 0 aliphatic rings. The molecule has 0 aliphatic carbocycles. The third kappa shape index (κ3) is 3.00. The second-order valence-electron chi connectivity index (χ2n) is 6.65. The number of aromatic nitrogens is 4. The van der Waals surface area contributed by atoms with Crippen molar-refractivity contribution in [2.45, 2.75) is 6.42 Å². The number of primary amides is 1. The minimum Gasteiger partial charge on any atom is -0.418 e. The van der Waals surface area contributed by atoms with Gasteiger partial charge in [0.1, 0.15) is 11.0 Å². The molecule has 4 rings (SSSR count). The van der Waals surface area contributed by atoms with Gasteiger partial charge in [0.15, 0.2) is 11.3 Å². The number of benzene rings is 1. The molecule has 9 nitrogen and oxygen atoms in total. The van der Waals surface area contributed by atoms with Crippen LogP contribution in [0.1, 0.15) is 5.56 Å². The number of nitrogens with zero attached hydrogens (tertiary/aromatic N) is 5. The largest absolute Gasteiger partial charge is 0.418 e. The van der Waals surface area contributed by atoms with Gasteiger partial charge in [0.25, 0.3) is 5.71 Å². The number of carbonyl (C=O) groups excluding carboxylic acids is 1. The number of nitrogens with one attached hydrogen (secondary N) is 1. The zero-order valence-electron chi connectivity index (χ0n) is 15.9. The summed E-state index contributed by atoms with van der Waals surface area (Å²) >= 11 is 0. The Morgan fingerprint density at radius 2 is 2.14 bits per heavy atom. The lowest BCUT2D eigenvalue weighted by molar-refractivity contribution is 0.219. The molecule has 0 saturated heterocycles. The maximum Gasteiger partial charge on any atom is 0.314 e. The summed E-state index contributed by atoms with van der Waals surface area (Å²) < 4.78 is 7.87. The molecule has 0 fully saturated rings. The third-order valence-electron chi connectivity index (χ3n) is 4.73. The minimum absolute atomic E-state index is 0.443. The first-order valence-electron chi connectivity index (χ1n) is 8.87. The monoisotopic (exact) mass is 379 g/mol. The zero-order chi connectivity index (χ0) is 19.8. The Morgan fingerprint density at radius 1 is 1.32 bits per heavy atom. The highest BCUT2D eigenvalue weighted by molar-refractivity contribution is 6.03. The summed E-state index contributed by atoms with van der Waals surface area (Å²) in [4.78, 5) is 26.3. The molecule has 3 N–H and O–H groups in total. The van der Waals surface area contributed by atoms with Crippen LogP contribution in [0, 0.1) is 0 Å². The maximum absolute atomic E-state index is 11.2. The number of carbonyl (C=O) groups is 1. The van der Waals surface area contributed by atoms with Crippen molar-refractivity contribution in [3.05, 3.63) is 36.2 Å². The van der Waals surface area contributed by atoms with E-state index in [0.717, 1.165) is 22.2 Å². The summed E-state index contributed by atoms with van der Waals surface area (Å²) in [5.41, 5.74) is 9.92. The minimum atomic E-state index is -0.443. The van der Waals surface area contributed by atoms with Crippen LogP contribution in [0.25, 0.3) is 33.7 Å². The van der Waals surface area contributed by atoms with Crippen molar-refractivity contribution in [2.75, 3.05) is 26.0 Å². The lowest BCUT2D eigenvalue weighted by Crippen LogP contribution is -2.33. The van der Waals surface area contributed by atoms with Crippen LogP contribution in [-0.2, 0) is 13.5 Å². The van der Waals surface area contributed by atoms with E-state index in [1.165, 1.54) is 4.90 Å². The van der Waals surface area contributed by atoms with E-state index >= 15 is 0 Å². The molecule has 9 heteroatoms. The molecule has 3 aromatic heterocycles. The topological polar surface area (TPSA) is 115 Å². The van der Waals surface area contributed by atoms with Gasteiger partial charge in [-0.2, -0.15) is 4.98 Å². The van der Waals surface area contributed by atoms with Gasteiger partial charge in [-0.15, -0.1) is 0 Å². The molecule has 0 bridgehead atoms. The standard InChI is InChI=1S/C19H21N7O2/c1-21-16-13-15(26(3)10-22-13)14-18(24-16)28-17(23-14)12-6-4-5-11(9-12)7-8-25(2)19(20)27/h4-6,9-10H,7-8H2,1-3H3,(H2,20,27)(H,21,24). The van der Waals surface area contributed by atoms with Gasteiger partial charge in [0, 0.05) is 33.3 Å². The maximum atomic E-state index is 11.2. The molecule has 1 aromatic carbocycles. The van der Waals surface area contributed by atoms with Gasteiger partial charge in [-0.3, -0.25) is 0 Å². The lowest BCUT2D eigenvalue weighted by atomic mass is 10.1. The fourth-order valence-corrected chi connectivity index (χ4v) is 3.14. The molecule has 2 amide bonds. The molecule has 4 aromatic rings. The van der Waals surface area contributed by atoms with Crippen LogP contribution >= 0.6 is 0 Å². The number of pyridine rings is 1. The second kappa shape index (κ2) is 6.84. The van der Waals surface area contributed by atoms with Crippen molar-refractivity contribution >= 4 is 34.1 Å². The molecule has 0 unspecified atom stereocenters. The number of urea groups is 1. The smallest absolute Gasteiger partial charge is 0.314 e. The number of hydrogen-bond acceptors (Lipinski definition) is 6. The van der Waals surface area contributed by atoms with Crippen LogP contribution in [0.5, 0.6) is 0 Å². The van der Waals surface area contributed by atoms with E-state index in [-0.39, 0.29) is 0 Å². The first-order chi connectivity index (χ1) is 13.5. The number of oxazole rings is 1. The highest BCUT2D eigenvalue weighted by atomic mass is 16.4. The molecule has 0 radical (unpaired) electrons. The van der Waals surface area contributed by atoms with Gasteiger partial charge in [-0.1, -0.05) is 12.1 Å². The molecular weight excluding hydrogens is 358 g/mol. The summed E-state index contributed by atoms with van der Waals surface area (Å²) in [5, 5.41) is 3.05. The Balaban J connectivity index is 1.74. The zero-order valence-corrected chi connectivity index (χ0v) is 15.9. The Hall–Kier alpha value is -3.62. The normalized spacial score (nSPS) is 11.2. The van der Waals surface area contributed by atoms with E-state index in [4.69, 9.17) is 10.2 Å². The second-order valence-corrected chi connectivity index (χ2v) is 6.65. The fourth-order valence-electron chi connectivity index (χ4n) is 3.14. The molecule has 28 heavy (non-hydrogen) atoms. The summed E-state index contributed by atoms with van der Waals surface area (Å²) in [6, 6.07) is 7.43. The Bertz CT molecular complexity index is 1180. The van der Waals surface area contributed by atoms with Crippen molar-refractivity contribution in [2.24, 2.45) is 12.8 Å². The predicted octanol–water partition coefficient (Wildman–Crippen LogP) is 2.37. The summed E-state index contributed by atoms with van der Waals surface area (Å²) in [6.45, 7) is 0.537. The van der Waals surface area contributed by atoms with Gasteiger partial charge in [0.2, 0.25) is 5.89 Å².